The van der Waals surface area contributed by atoms with Crippen LogP contribution in [0.15, 0.2) is 54.7 Å². The number of hydrogen-bond donors (Lipinski definition) is 0. The van der Waals surface area contributed by atoms with Gasteiger partial charge in [0.1, 0.15) is 42.5 Å². The van der Waals surface area contributed by atoms with E-state index in [2.05, 4.69) is 15.1 Å². The Morgan fingerprint density at radius 1 is 0.968 bits per heavy atom. The summed E-state index contributed by atoms with van der Waals surface area (Å²) in [4.78, 5) is 8.92. The second-order valence-corrected chi connectivity index (χ2v) is 6.80. The monoisotopic (exact) mass is 422 g/mol. The first kappa shape index (κ1) is 19.3. The molecule has 2 aromatic heterocycles. The third-order valence-electron chi connectivity index (χ3n) is 4.69. The van der Waals surface area contributed by atoms with Gasteiger partial charge in [-0.05, 0) is 17.7 Å². The van der Waals surface area contributed by atoms with Crippen LogP contribution < -0.4 is 14.2 Å². The predicted octanol–water partition coefficient (Wildman–Crippen LogP) is 3.32. The van der Waals surface area contributed by atoms with Crippen LogP contribution in [-0.2, 0) is 11.3 Å². The topological polar surface area (TPSA) is 80.5 Å². The van der Waals surface area contributed by atoms with E-state index in [9.17, 15) is 4.39 Å². The molecule has 0 amide bonds. The average Bonchev–Trinajstić information content (AvgIpc) is 3.21. The molecule has 0 radical (unpaired) electrons. The molecule has 0 atom stereocenters. The lowest BCUT2D eigenvalue weighted by atomic mass is 10.2. The molecule has 1 aliphatic heterocycles. The van der Waals surface area contributed by atoms with E-state index in [0.29, 0.717) is 48.2 Å². The van der Waals surface area contributed by atoms with Crippen molar-refractivity contribution in [3.63, 3.8) is 0 Å². The minimum Gasteiger partial charge on any atom is -0.489 e. The Balaban J connectivity index is 1.60. The van der Waals surface area contributed by atoms with Gasteiger partial charge in [0.2, 0.25) is 5.88 Å². The molecule has 4 aromatic rings. The van der Waals surface area contributed by atoms with Crippen LogP contribution in [0.1, 0.15) is 5.56 Å². The third kappa shape index (κ3) is 4.13. The minimum atomic E-state index is -0.411. The summed E-state index contributed by atoms with van der Waals surface area (Å²) in [5.41, 5.74) is 2.00. The molecule has 2 bridgehead atoms. The quantitative estimate of drug-likeness (QED) is 0.501. The van der Waals surface area contributed by atoms with Crippen LogP contribution in [0.5, 0.6) is 17.6 Å². The Morgan fingerprint density at radius 3 is 2.68 bits per heavy atom. The van der Waals surface area contributed by atoms with E-state index in [1.165, 1.54) is 12.1 Å². The largest absolute Gasteiger partial charge is 0.489 e. The highest BCUT2D eigenvalue weighted by atomic mass is 19.1. The molecule has 158 valence electrons. The van der Waals surface area contributed by atoms with Gasteiger partial charge in [0, 0.05) is 6.07 Å². The first-order chi connectivity index (χ1) is 15.3. The van der Waals surface area contributed by atoms with Gasteiger partial charge in [-0.3, -0.25) is 0 Å². The van der Waals surface area contributed by atoms with Gasteiger partial charge in [0.25, 0.3) is 0 Å². The first-order valence-corrected chi connectivity index (χ1v) is 9.84. The molecule has 9 heteroatoms. The van der Waals surface area contributed by atoms with Gasteiger partial charge in [-0.15, -0.1) is 0 Å². The molecule has 0 unspecified atom stereocenters. The van der Waals surface area contributed by atoms with E-state index in [1.54, 1.807) is 16.9 Å². The van der Waals surface area contributed by atoms with Crippen molar-refractivity contribution in [2.24, 2.45) is 0 Å². The number of benzene rings is 2. The zero-order valence-corrected chi connectivity index (χ0v) is 16.5. The van der Waals surface area contributed by atoms with Gasteiger partial charge >= 0.3 is 6.01 Å². The lowest BCUT2D eigenvalue weighted by Gasteiger charge is -2.12. The van der Waals surface area contributed by atoms with Crippen LogP contribution in [-0.4, -0.2) is 46.2 Å². The minimum absolute atomic E-state index is 0.143. The molecule has 0 N–H and O–H groups in total. The predicted molar refractivity (Wildman–Crippen MR) is 109 cm³/mol. The van der Waals surface area contributed by atoms with Crippen molar-refractivity contribution in [3.05, 3.63) is 66.1 Å². The molecule has 31 heavy (non-hydrogen) atoms. The van der Waals surface area contributed by atoms with Gasteiger partial charge in [-0.1, -0.05) is 30.3 Å². The normalized spacial score (nSPS) is 14.0. The molecular formula is C22H19FN4O4. The smallest absolute Gasteiger partial charge is 0.321 e. The number of ether oxygens (including phenoxy) is 4. The van der Waals surface area contributed by atoms with E-state index < -0.39 is 5.82 Å². The Labute approximate surface area is 177 Å². The van der Waals surface area contributed by atoms with Gasteiger partial charge in [0.05, 0.1) is 19.4 Å². The maximum Gasteiger partial charge on any atom is 0.321 e. The number of hydrogen-bond acceptors (Lipinski definition) is 7. The second-order valence-electron chi connectivity index (χ2n) is 6.80. The summed E-state index contributed by atoms with van der Waals surface area (Å²) >= 11 is 0. The van der Waals surface area contributed by atoms with Crippen LogP contribution in [0.3, 0.4) is 0 Å². The fourth-order valence-corrected chi connectivity index (χ4v) is 3.22. The zero-order chi connectivity index (χ0) is 21.0. The standard InChI is InChI=1S/C22H19FN4O4/c23-16-6-7-18-19(12-16)29-10-8-28-9-11-30-22-25-20-17(13-24-27(18)20)21(26-22)31-14-15-4-2-1-3-5-15/h1-7,12-13H,8-11,14H2. The Hall–Kier alpha value is -3.72. The molecule has 0 spiro atoms. The molecule has 8 nitrogen and oxygen atoms in total. The summed E-state index contributed by atoms with van der Waals surface area (Å²) < 4.78 is 38.3. The highest BCUT2D eigenvalue weighted by Gasteiger charge is 2.19. The van der Waals surface area contributed by atoms with Crippen molar-refractivity contribution in [2.45, 2.75) is 6.61 Å². The number of nitrogens with zero attached hydrogens (tertiary/aromatic N) is 4. The molecule has 2 aromatic carbocycles. The third-order valence-corrected chi connectivity index (χ3v) is 4.69. The summed E-state index contributed by atoms with van der Waals surface area (Å²) in [5, 5.41) is 5.04. The zero-order valence-electron chi connectivity index (χ0n) is 16.5. The van der Waals surface area contributed by atoms with E-state index >= 15 is 0 Å². The van der Waals surface area contributed by atoms with Crippen LogP contribution in [0.25, 0.3) is 16.7 Å². The highest BCUT2D eigenvalue weighted by molar-refractivity contribution is 5.82. The van der Waals surface area contributed by atoms with Gasteiger partial charge in [0.15, 0.2) is 5.65 Å². The van der Waals surface area contributed by atoms with Crippen LogP contribution in [0.2, 0.25) is 0 Å². The SMILES string of the molecule is Fc1ccc2c(c1)OCCOCCOc1nc(OCc3ccccc3)c3cnn-2c3n1. The number of aromatic nitrogens is 4. The summed E-state index contributed by atoms with van der Waals surface area (Å²) in [5.74, 6) is 0.266. The average molecular weight is 422 g/mol. The van der Waals surface area contributed by atoms with E-state index in [-0.39, 0.29) is 19.2 Å². The summed E-state index contributed by atoms with van der Waals surface area (Å²) in [6, 6.07) is 14.2. The van der Waals surface area contributed by atoms with Crippen LogP contribution in [0.4, 0.5) is 4.39 Å². The summed E-state index contributed by atoms with van der Waals surface area (Å²) in [6.45, 7) is 1.51. The maximum absolute atomic E-state index is 13.9. The summed E-state index contributed by atoms with van der Waals surface area (Å²) in [6.07, 6.45) is 1.61. The lowest BCUT2D eigenvalue weighted by molar-refractivity contribution is 0.0740. The van der Waals surface area contributed by atoms with Gasteiger partial charge in [-0.2, -0.15) is 15.1 Å². The summed E-state index contributed by atoms with van der Waals surface area (Å²) in [7, 11) is 0. The molecule has 0 saturated heterocycles. The molecule has 0 aliphatic carbocycles. The van der Waals surface area contributed by atoms with Gasteiger partial charge in [-0.25, -0.2) is 9.07 Å². The van der Waals surface area contributed by atoms with E-state index in [0.717, 1.165) is 5.56 Å². The highest BCUT2D eigenvalue weighted by Crippen LogP contribution is 2.31. The first-order valence-electron chi connectivity index (χ1n) is 9.84. The van der Waals surface area contributed by atoms with Crippen molar-refractivity contribution >= 4 is 11.0 Å². The molecule has 1 aliphatic rings. The van der Waals surface area contributed by atoms with Crippen molar-refractivity contribution in [3.8, 4) is 23.3 Å². The van der Waals surface area contributed by atoms with E-state index in [4.69, 9.17) is 18.9 Å². The molecule has 3 heterocycles. The Morgan fingerprint density at radius 2 is 1.81 bits per heavy atom. The van der Waals surface area contributed by atoms with Crippen LogP contribution >= 0.6 is 0 Å². The number of fused-ring (bicyclic) bond motifs is 3. The van der Waals surface area contributed by atoms with Crippen LogP contribution in [0, 0.1) is 5.82 Å². The number of halogens is 1. The lowest BCUT2D eigenvalue weighted by Crippen LogP contribution is -2.13. The molecule has 5 rings (SSSR count). The Bertz CT molecular complexity index is 1200. The maximum atomic E-state index is 13.9. The molecule has 0 saturated carbocycles. The van der Waals surface area contributed by atoms with Gasteiger partial charge < -0.3 is 18.9 Å². The van der Waals surface area contributed by atoms with Crippen molar-refractivity contribution < 1.29 is 23.3 Å². The number of rotatable bonds is 3. The van der Waals surface area contributed by atoms with Crippen molar-refractivity contribution in [1.82, 2.24) is 19.7 Å². The second kappa shape index (κ2) is 8.57. The Kier molecular flexibility index (Phi) is 5.32. The molecular weight excluding hydrogens is 403 g/mol. The van der Waals surface area contributed by atoms with E-state index in [1.807, 2.05) is 30.3 Å². The van der Waals surface area contributed by atoms with Crippen molar-refractivity contribution in [1.29, 1.82) is 0 Å². The van der Waals surface area contributed by atoms with Crippen molar-refractivity contribution in [2.75, 3.05) is 26.4 Å². The fourth-order valence-electron chi connectivity index (χ4n) is 3.22. The fraction of sp³-hybridized carbons (Fsp3) is 0.227. The molecule has 0 fully saturated rings.